The van der Waals surface area contributed by atoms with E-state index >= 15 is 0 Å². The van der Waals surface area contributed by atoms with Gasteiger partial charge in [-0.05, 0) is 35.4 Å². The molecule has 1 aliphatic carbocycles. The molecule has 1 aromatic carbocycles. The van der Waals surface area contributed by atoms with Crippen molar-refractivity contribution in [2.24, 2.45) is 0 Å². The second kappa shape index (κ2) is 6.09. The first-order chi connectivity index (χ1) is 11.5. The van der Waals surface area contributed by atoms with E-state index in [2.05, 4.69) is 4.98 Å². The second-order valence-corrected chi connectivity index (χ2v) is 5.66. The lowest BCUT2D eigenvalue weighted by molar-refractivity contribution is -0.142. The molecule has 1 aromatic heterocycles. The third kappa shape index (κ3) is 2.57. The van der Waals surface area contributed by atoms with E-state index < -0.39 is 17.4 Å². The van der Waals surface area contributed by atoms with Crippen molar-refractivity contribution >= 4 is 29.1 Å². The number of carbonyl (C=O) groups excluding carboxylic acids is 2. The summed E-state index contributed by atoms with van der Waals surface area (Å²) in [5, 5.41) is 0.290. The normalized spacial score (nSPS) is 18.5. The molecule has 2 aromatic rings. The predicted octanol–water partition coefficient (Wildman–Crippen LogP) is 3.03. The number of benzene rings is 1. The molecule has 1 unspecified atom stereocenters. The maximum Gasteiger partial charge on any atom is 0.337 e. The Bertz CT molecular complexity index is 862. The van der Waals surface area contributed by atoms with Gasteiger partial charge in [0.1, 0.15) is 5.15 Å². The minimum Gasteiger partial charge on any atom is -0.468 e. The SMILES string of the molecule is COC(=O)c1cccc(C2=CC2(C(=O)OC)c2cccc(Cl)n2)c1. The van der Waals surface area contributed by atoms with Gasteiger partial charge in [0, 0.05) is 0 Å². The third-order valence-electron chi connectivity index (χ3n) is 3.92. The molecule has 0 spiro atoms. The average Bonchev–Trinajstić information content (AvgIpc) is 3.37. The highest BCUT2D eigenvalue weighted by Crippen LogP contribution is 2.53. The van der Waals surface area contributed by atoms with Gasteiger partial charge in [0.15, 0.2) is 5.41 Å². The van der Waals surface area contributed by atoms with Gasteiger partial charge in [0.05, 0.1) is 25.5 Å². The summed E-state index contributed by atoms with van der Waals surface area (Å²) in [5.41, 5.74) is 1.26. The summed E-state index contributed by atoms with van der Waals surface area (Å²) in [6, 6.07) is 11.9. The third-order valence-corrected chi connectivity index (χ3v) is 4.13. The Morgan fingerprint density at radius 3 is 2.50 bits per heavy atom. The molecule has 0 amide bonds. The highest BCUT2D eigenvalue weighted by atomic mass is 35.5. The summed E-state index contributed by atoms with van der Waals surface area (Å²) in [6.07, 6.45) is 1.76. The summed E-state index contributed by atoms with van der Waals surface area (Å²) < 4.78 is 9.69. The number of ether oxygens (including phenoxy) is 2. The van der Waals surface area contributed by atoms with Gasteiger partial charge in [0.2, 0.25) is 0 Å². The number of methoxy groups -OCH3 is 2. The van der Waals surface area contributed by atoms with Crippen molar-refractivity contribution in [1.29, 1.82) is 0 Å². The molecule has 1 atom stereocenters. The van der Waals surface area contributed by atoms with Gasteiger partial charge in [0.25, 0.3) is 0 Å². The van der Waals surface area contributed by atoms with E-state index in [1.165, 1.54) is 14.2 Å². The minimum absolute atomic E-state index is 0.290. The van der Waals surface area contributed by atoms with E-state index in [0.717, 1.165) is 11.1 Å². The van der Waals surface area contributed by atoms with Gasteiger partial charge < -0.3 is 9.47 Å². The molecule has 24 heavy (non-hydrogen) atoms. The first kappa shape index (κ1) is 16.2. The molecule has 0 radical (unpaired) electrons. The Labute approximate surface area is 143 Å². The van der Waals surface area contributed by atoms with Crippen LogP contribution in [0.2, 0.25) is 5.15 Å². The Kier molecular flexibility index (Phi) is 4.11. The highest BCUT2D eigenvalue weighted by molar-refractivity contribution is 6.29. The molecular weight excluding hydrogens is 330 g/mol. The van der Waals surface area contributed by atoms with Crippen molar-refractivity contribution in [3.63, 3.8) is 0 Å². The molecule has 0 aliphatic heterocycles. The van der Waals surface area contributed by atoms with Gasteiger partial charge in [-0.15, -0.1) is 0 Å². The Morgan fingerprint density at radius 1 is 1.08 bits per heavy atom. The fourth-order valence-corrected chi connectivity index (χ4v) is 2.86. The van der Waals surface area contributed by atoms with Crippen LogP contribution in [0, 0.1) is 0 Å². The molecule has 1 aliphatic rings. The first-order valence-corrected chi connectivity index (χ1v) is 7.54. The van der Waals surface area contributed by atoms with Crippen LogP contribution in [0.5, 0.6) is 0 Å². The summed E-state index contributed by atoms with van der Waals surface area (Å²) in [5.74, 6) is -0.890. The number of rotatable bonds is 4. The van der Waals surface area contributed by atoms with Crippen LogP contribution >= 0.6 is 11.6 Å². The van der Waals surface area contributed by atoms with Crippen molar-refractivity contribution in [3.05, 3.63) is 70.5 Å². The molecule has 122 valence electrons. The highest BCUT2D eigenvalue weighted by Gasteiger charge is 2.55. The zero-order chi connectivity index (χ0) is 17.3. The zero-order valence-corrected chi connectivity index (χ0v) is 13.8. The van der Waals surface area contributed by atoms with Crippen LogP contribution in [-0.4, -0.2) is 31.1 Å². The monoisotopic (exact) mass is 343 g/mol. The summed E-state index contributed by atoms with van der Waals surface area (Å²) in [7, 11) is 2.64. The van der Waals surface area contributed by atoms with E-state index in [0.29, 0.717) is 16.4 Å². The van der Waals surface area contributed by atoms with Crippen molar-refractivity contribution < 1.29 is 19.1 Å². The van der Waals surface area contributed by atoms with Gasteiger partial charge in [-0.3, -0.25) is 4.79 Å². The number of pyridine rings is 1. The Morgan fingerprint density at radius 2 is 1.83 bits per heavy atom. The lowest BCUT2D eigenvalue weighted by atomic mass is 9.91. The smallest absolute Gasteiger partial charge is 0.337 e. The van der Waals surface area contributed by atoms with Crippen LogP contribution in [0.3, 0.4) is 0 Å². The number of aromatic nitrogens is 1. The predicted molar refractivity (Wildman–Crippen MR) is 88.7 cm³/mol. The van der Waals surface area contributed by atoms with E-state index in [9.17, 15) is 9.59 Å². The van der Waals surface area contributed by atoms with Gasteiger partial charge in [-0.2, -0.15) is 0 Å². The molecule has 0 saturated heterocycles. The van der Waals surface area contributed by atoms with Crippen LogP contribution in [0.1, 0.15) is 21.6 Å². The zero-order valence-electron chi connectivity index (χ0n) is 13.1. The molecule has 5 nitrogen and oxygen atoms in total. The fraction of sp³-hybridized carbons (Fsp3) is 0.167. The number of esters is 2. The maximum absolute atomic E-state index is 12.4. The molecule has 3 rings (SSSR count). The van der Waals surface area contributed by atoms with E-state index in [1.54, 1.807) is 42.5 Å². The lowest BCUT2D eigenvalue weighted by Crippen LogP contribution is -2.26. The molecular formula is C18H14ClNO4. The minimum atomic E-state index is -1.08. The van der Waals surface area contributed by atoms with E-state index in [1.807, 2.05) is 6.07 Å². The largest absolute Gasteiger partial charge is 0.468 e. The quantitative estimate of drug-likeness (QED) is 0.630. The molecule has 0 fully saturated rings. The number of hydrogen-bond acceptors (Lipinski definition) is 5. The van der Waals surface area contributed by atoms with Crippen LogP contribution in [-0.2, 0) is 19.7 Å². The Balaban J connectivity index is 2.02. The van der Waals surface area contributed by atoms with Crippen molar-refractivity contribution in [3.8, 4) is 0 Å². The average molecular weight is 344 g/mol. The van der Waals surface area contributed by atoms with Crippen molar-refractivity contribution in [1.82, 2.24) is 4.98 Å². The number of nitrogens with zero attached hydrogens (tertiary/aromatic N) is 1. The van der Waals surface area contributed by atoms with E-state index in [-0.39, 0.29) is 0 Å². The molecule has 6 heteroatoms. The fourth-order valence-electron chi connectivity index (χ4n) is 2.70. The van der Waals surface area contributed by atoms with Gasteiger partial charge in [-0.25, -0.2) is 9.78 Å². The van der Waals surface area contributed by atoms with Crippen LogP contribution < -0.4 is 0 Å². The molecule has 0 saturated carbocycles. The summed E-state index contributed by atoms with van der Waals surface area (Å²) >= 11 is 5.96. The maximum atomic E-state index is 12.4. The van der Waals surface area contributed by atoms with Crippen LogP contribution in [0.25, 0.3) is 5.57 Å². The standard InChI is InChI=1S/C18H14ClNO4/c1-23-16(21)12-6-3-5-11(9-12)13-10-18(13,17(22)24-2)14-7-4-8-15(19)20-14/h3-10H,1-2H3. The molecule has 0 bridgehead atoms. The lowest BCUT2D eigenvalue weighted by Gasteiger charge is -2.16. The Hall–Kier alpha value is -2.66. The van der Waals surface area contributed by atoms with Crippen molar-refractivity contribution in [2.75, 3.05) is 14.2 Å². The second-order valence-electron chi connectivity index (χ2n) is 5.28. The van der Waals surface area contributed by atoms with Crippen LogP contribution in [0.4, 0.5) is 0 Å². The van der Waals surface area contributed by atoms with Crippen LogP contribution in [0.15, 0.2) is 48.5 Å². The van der Waals surface area contributed by atoms with Gasteiger partial charge in [-0.1, -0.05) is 35.9 Å². The molecule has 1 heterocycles. The molecule has 0 N–H and O–H groups in total. The topological polar surface area (TPSA) is 65.5 Å². The van der Waals surface area contributed by atoms with Gasteiger partial charge >= 0.3 is 11.9 Å². The summed E-state index contributed by atoms with van der Waals surface area (Å²) in [6.45, 7) is 0. The van der Waals surface area contributed by atoms with Crippen molar-refractivity contribution in [2.45, 2.75) is 5.41 Å². The number of hydrogen-bond donors (Lipinski definition) is 0. The summed E-state index contributed by atoms with van der Waals surface area (Å²) in [4.78, 5) is 28.4. The number of halogens is 1. The van der Waals surface area contributed by atoms with E-state index in [4.69, 9.17) is 21.1 Å². The number of carbonyl (C=O) groups is 2. The first-order valence-electron chi connectivity index (χ1n) is 7.16.